The fraction of sp³-hybridized carbons (Fsp3) is 0.250. The minimum Gasteiger partial charge on any atom is -0.387 e. The first kappa shape index (κ1) is 15.1. The van der Waals surface area contributed by atoms with Crippen LogP contribution >= 0.6 is 0 Å². The smallest absolute Gasteiger partial charge is 0.0920 e. The monoisotopic (exact) mass is 319 g/mol. The number of β-amino-alcohol motifs (C(OH)–C–C–N with tert-alkyl or cyclic N) is 1. The van der Waals surface area contributed by atoms with Crippen LogP contribution in [0.1, 0.15) is 28.4 Å². The van der Waals surface area contributed by atoms with E-state index in [1.165, 1.54) is 16.7 Å². The average molecular weight is 319 g/mol. The summed E-state index contributed by atoms with van der Waals surface area (Å²) in [5.74, 6) is 0. The Balaban J connectivity index is 1.48. The summed E-state index contributed by atoms with van der Waals surface area (Å²) < 4.78 is 1.93. The summed E-state index contributed by atoms with van der Waals surface area (Å²) >= 11 is 0. The summed E-state index contributed by atoms with van der Waals surface area (Å²) in [6.45, 7) is 3.20. The largest absolute Gasteiger partial charge is 0.387 e. The zero-order chi connectivity index (χ0) is 16.4. The minimum absolute atomic E-state index is 0.401. The number of aliphatic hydroxyl groups excluding tert-OH is 1. The molecular formula is C20H21N3O. The molecule has 2 heterocycles. The van der Waals surface area contributed by atoms with Gasteiger partial charge in [0.15, 0.2) is 0 Å². The molecule has 4 nitrogen and oxygen atoms in total. The SMILES string of the molecule is OC1CN(Cc2cccc(Cn3cccn3)c2)Cc2ccccc21. The van der Waals surface area contributed by atoms with E-state index in [9.17, 15) is 5.11 Å². The fourth-order valence-electron chi connectivity index (χ4n) is 3.44. The predicted molar refractivity (Wildman–Crippen MR) is 93.3 cm³/mol. The van der Waals surface area contributed by atoms with Crippen molar-refractivity contribution in [1.82, 2.24) is 14.7 Å². The number of aromatic nitrogens is 2. The predicted octanol–water partition coefficient (Wildman–Crippen LogP) is 2.98. The summed E-state index contributed by atoms with van der Waals surface area (Å²) in [5, 5.41) is 14.6. The molecule has 1 aromatic heterocycles. The molecule has 1 aliphatic heterocycles. The second kappa shape index (κ2) is 6.59. The Kier molecular flexibility index (Phi) is 4.15. The van der Waals surface area contributed by atoms with E-state index in [1.807, 2.05) is 35.1 Å². The Morgan fingerprint density at radius 1 is 1.00 bits per heavy atom. The van der Waals surface area contributed by atoms with Crippen molar-refractivity contribution in [1.29, 1.82) is 0 Å². The van der Waals surface area contributed by atoms with Crippen LogP contribution in [0.5, 0.6) is 0 Å². The molecule has 4 heteroatoms. The molecule has 0 saturated carbocycles. The number of aliphatic hydroxyl groups is 1. The van der Waals surface area contributed by atoms with Gasteiger partial charge in [-0.25, -0.2) is 0 Å². The maximum Gasteiger partial charge on any atom is 0.0920 e. The van der Waals surface area contributed by atoms with Crippen molar-refractivity contribution in [2.45, 2.75) is 25.7 Å². The molecule has 0 spiro atoms. The molecule has 0 saturated heterocycles. The Labute approximate surface area is 142 Å². The summed E-state index contributed by atoms with van der Waals surface area (Å²) in [6, 6.07) is 18.7. The van der Waals surface area contributed by atoms with Crippen LogP contribution in [-0.4, -0.2) is 26.3 Å². The third-order valence-corrected chi connectivity index (χ3v) is 4.54. The molecule has 0 amide bonds. The van der Waals surface area contributed by atoms with Gasteiger partial charge in [-0.2, -0.15) is 5.10 Å². The molecule has 2 aromatic carbocycles. The first-order valence-corrected chi connectivity index (χ1v) is 8.31. The quantitative estimate of drug-likeness (QED) is 0.804. The van der Waals surface area contributed by atoms with Gasteiger partial charge in [-0.1, -0.05) is 48.5 Å². The van der Waals surface area contributed by atoms with Gasteiger partial charge in [-0.15, -0.1) is 0 Å². The van der Waals surface area contributed by atoms with Gasteiger partial charge in [0, 0.05) is 32.0 Å². The van der Waals surface area contributed by atoms with E-state index >= 15 is 0 Å². The van der Waals surface area contributed by atoms with Crippen LogP contribution in [0.3, 0.4) is 0 Å². The second-order valence-electron chi connectivity index (χ2n) is 6.41. The standard InChI is InChI=1S/C20H21N3O/c24-20-15-22(14-18-7-1-2-8-19(18)20)12-16-5-3-6-17(11-16)13-23-10-4-9-21-23/h1-11,20,24H,12-15H2. The maximum atomic E-state index is 10.4. The van der Waals surface area contributed by atoms with Gasteiger partial charge in [0.25, 0.3) is 0 Å². The maximum absolute atomic E-state index is 10.4. The third kappa shape index (κ3) is 3.25. The van der Waals surface area contributed by atoms with Crippen LogP contribution in [-0.2, 0) is 19.6 Å². The molecular weight excluding hydrogens is 298 g/mol. The fourth-order valence-corrected chi connectivity index (χ4v) is 3.44. The normalized spacial score (nSPS) is 17.6. The van der Waals surface area contributed by atoms with Gasteiger partial charge in [-0.05, 0) is 28.3 Å². The van der Waals surface area contributed by atoms with E-state index < -0.39 is 6.10 Å². The number of benzene rings is 2. The molecule has 122 valence electrons. The van der Waals surface area contributed by atoms with Crippen LogP contribution in [0, 0.1) is 0 Å². The lowest BCUT2D eigenvalue weighted by Gasteiger charge is -2.32. The van der Waals surface area contributed by atoms with E-state index in [-0.39, 0.29) is 0 Å². The van der Waals surface area contributed by atoms with Gasteiger partial charge < -0.3 is 5.11 Å². The molecule has 4 rings (SSSR count). The number of rotatable bonds is 4. The van der Waals surface area contributed by atoms with E-state index in [1.54, 1.807) is 6.20 Å². The van der Waals surface area contributed by atoms with Crippen molar-refractivity contribution in [3.8, 4) is 0 Å². The zero-order valence-electron chi connectivity index (χ0n) is 13.5. The lowest BCUT2D eigenvalue weighted by atomic mass is 9.97. The molecule has 1 aliphatic rings. The number of hydrogen-bond acceptors (Lipinski definition) is 3. The van der Waals surface area contributed by atoms with Gasteiger partial charge >= 0.3 is 0 Å². The number of hydrogen-bond donors (Lipinski definition) is 1. The molecule has 3 aromatic rings. The summed E-state index contributed by atoms with van der Waals surface area (Å²) in [7, 11) is 0. The Morgan fingerprint density at radius 2 is 1.83 bits per heavy atom. The Bertz CT molecular complexity index is 813. The lowest BCUT2D eigenvalue weighted by molar-refractivity contribution is 0.0882. The molecule has 0 fully saturated rings. The van der Waals surface area contributed by atoms with Crippen LogP contribution in [0.15, 0.2) is 67.0 Å². The van der Waals surface area contributed by atoms with Crippen molar-refractivity contribution in [2.75, 3.05) is 6.54 Å². The first-order valence-electron chi connectivity index (χ1n) is 8.31. The molecule has 0 radical (unpaired) electrons. The van der Waals surface area contributed by atoms with Gasteiger partial charge in [-0.3, -0.25) is 9.58 Å². The average Bonchev–Trinajstić information content (AvgIpc) is 3.08. The van der Waals surface area contributed by atoms with Crippen LogP contribution in [0.2, 0.25) is 0 Å². The molecule has 0 bridgehead atoms. The summed E-state index contributed by atoms with van der Waals surface area (Å²) in [5.41, 5.74) is 4.81. The highest BCUT2D eigenvalue weighted by Crippen LogP contribution is 2.27. The minimum atomic E-state index is -0.401. The van der Waals surface area contributed by atoms with Gasteiger partial charge in [0.1, 0.15) is 0 Å². The van der Waals surface area contributed by atoms with Crippen LogP contribution < -0.4 is 0 Å². The summed E-state index contributed by atoms with van der Waals surface area (Å²) in [6.07, 6.45) is 3.38. The van der Waals surface area contributed by atoms with Crippen LogP contribution in [0.4, 0.5) is 0 Å². The topological polar surface area (TPSA) is 41.3 Å². The third-order valence-electron chi connectivity index (χ3n) is 4.54. The highest BCUT2D eigenvalue weighted by atomic mass is 16.3. The first-order chi connectivity index (χ1) is 11.8. The van der Waals surface area contributed by atoms with Crippen LogP contribution in [0.25, 0.3) is 0 Å². The zero-order valence-corrected chi connectivity index (χ0v) is 13.5. The van der Waals surface area contributed by atoms with Gasteiger partial charge in [0.05, 0.1) is 12.6 Å². The second-order valence-corrected chi connectivity index (χ2v) is 6.41. The van der Waals surface area contributed by atoms with Gasteiger partial charge in [0.2, 0.25) is 0 Å². The summed E-state index contributed by atoms with van der Waals surface area (Å²) in [4.78, 5) is 2.31. The highest BCUT2D eigenvalue weighted by molar-refractivity contribution is 5.31. The van der Waals surface area contributed by atoms with E-state index in [0.29, 0.717) is 6.54 Å². The Hall–Kier alpha value is -2.43. The van der Waals surface area contributed by atoms with Crippen molar-refractivity contribution in [2.24, 2.45) is 0 Å². The number of nitrogens with zero attached hydrogens (tertiary/aromatic N) is 3. The molecule has 0 aliphatic carbocycles. The van der Waals surface area contributed by atoms with E-state index in [4.69, 9.17) is 0 Å². The highest BCUT2D eigenvalue weighted by Gasteiger charge is 2.23. The molecule has 1 atom stereocenters. The molecule has 1 N–H and O–H groups in total. The lowest BCUT2D eigenvalue weighted by Crippen LogP contribution is -2.33. The Morgan fingerprint density at radius 3 is 2.67 bits per heavy atom. The van der Waals surface area contributed by atoms with Crippen molar-refractivity contribution in [3.05, 3.63) is 89.2 Å². The van der Waals surface area contributed by atoms with E-state index in [0.717, 1.165) is 25.2 Å². The van der Waals surface area contributed by atoms with Crippen molar-refractivity contribution in [3.63, 3.8) is 0 Å². The molecule has 1 unspecified atom stereocenters. The van der Waals surface area contributed by atoms with Crippen molar-refractivity contribution >= 4 is 0 Å². The number of fused-ring (bicyclic) bond motifs is 1. The molecule has 24 heavy (non-hydrogen) atoms. The van der Waals surface area contributed by atoms with E-state index in [2.05, 4.69) is 40.3 Å². The van der Waals surface area contributed by atoms with Crippen molar-refractivity contribution < 1.29 is 5.11 Å².